The Labute approximate surface area is 94.4 Å². The molecular formula is C11H18O5. The van der Waals surface area contributed by atoms with Crippen molar-refractivity contribution >= 4 is 11.9 Å². The summed E-state index contributed by atoms with van der Waals surface area (Å²) in [5.41, 5.74) is -0.127. The van der Waals surface area contributed by atoms with Crippen molar-refractivity contribution in [2.24, 2.45) is 0 Å². The molecule has 5 heteroatoms. The maximum atomic E-state index is 10.9. The molecule has 16 heavy (non-hydrogen) atoms. The first kappa shape index (κ1) is 14.6. The minimum Gasteiger partial charge on any atom is -0.478 e. The molecule has 0 aliphatic heterocycles. The molecule has 0 amide bonds. The van der Waals surface area contributed by atoms with Gasteiger partial charge in [-0.15, -0.1) is 0 Å². The van der Waals surface area contributed by atoms with Gasteiger partial charge in [0, 0.05) is 17.8 Å². The average Bonchev–Trinajstić information content (AvgIpc) is 2.21. The van der Waals surface area contributed by atoms with Gasteiger partial charge in [0.25, 0.3) is 0 Å². The molecule has 0 saturated heterocycles. The number of aliphatic carboxylic acids is 2. The Balaban J connectivity index is 4.94. The molecule has 0 aromatic rings. The summed E-state index contributed by atoms with van der Waals surface area (Å²) >= 11 is 0. The Morgan fingerprint density at radius 1 is 0.938 bits per heavy atom. The Morgan fingerprint density at radius 2 is 1.38 bits per heavy atom. The number of hydrogen-bond donors (Lipinski definition) is 3. The summed E-state index contributed by atoms with van der Waals surface area (Å²) in [6.45, 7) is 1.77. The lowest BCUT2D eigenvalue weighted by Crippen LogP contribution is -2.12. The number of carboxylic acid groups (broad SMARTS) is 2. The Morgan fingerprint density at radius 3 is 1.69 bits per heavy atom. The topological polar surface area (TPSA) is 94.8 Å². The molecule has 0 atom stereocenters. The van der Waals surface area contributed by atoms with Crippen molar-refractivity contribution in [1.82, 2.24) is 0 Å². The van der Waals surface area contributed by atoms with E-state index in [1.807, 2.05) is 6.92 Å². The number of aliphatic hydroxyl groups excluding tert-OH is 1. The van der Waals surface area contributed by atoms with Crippen LogP contribution in [0.1, 0.15) is 39.0 Å². The van der Waals surface area contributed by atoms with Crippen molar-refractivity contribution < 1.29 is 24.9 Å². The van der Waals surface area contributed by atoms with Gasteiger partial charge in [-0.1, -0.05) is 13.3 Å². The highest BCUT2D eigenvalue weighted by molar-refractivity contribution is 5.98. The van der Waals surface area contributed by atoms with Gasteiger partial charge in [-0.2, -0.15) is 0 Å². The lowest BCUT2D eigenvalue weighted by molar-refractivity contribution is -0.136. The van der Waals surface area contributed by atoms with Crippen LogP contribution in [0.5, 0.6) is 0 Å². The quantitative estimate of drug-likeness (QED) is 0.548. The number of unbranched alkanes of at least 4 members (excludes halogenated alkanes) is 1. The third-order valence-electron chi connectivity index (χ3n) is 2.25. The smallest absolute Gasteiger partial charge is 0.332 e. The van der Waals surface area contributed by atoms with Crippen LogP contribution in [-0.2, 0) is 9.59 Å². The summed E-state index contributed by atoms with van der Waals surface area (Å²) in [6.07, 6.45) is 2.09. The molecule has 0 rings (SSSR count). The Hall–Kier alpha value is -1.36. The largest absolute Gasteiger partial charge is 0.478 e. The molecule has 92 valence electrons. The molecule has 0 unspecified atom stereocenters. The zero-order valence-electron chi connectivity index (χ0n) is 9.40. The van der Waals surface area contributed by atoms with Gasteiger partial charge in [-0.3, -0.25) is 0 Å². The second kappa shape index (κ2) is 7.87. The van der Waals surface area contributed by atoms with E-state index in [9.17, 15) is 9.59 Å². The number of aliphatic hydroxyl groups is 1. The first-order chi connectivity index (χ1) is 7.54. The van der Waals surface area contributed by atoms with Crippen molar-refractivity contribution in [3.8, 4) is 0 Å². The van der Waals surface area contributed by atoms with E-state index >= 15 is 0 Å². The summed E-state index contributed by atoms with van der Waals surface area (Å²) < 4.78 is 0. The van der Waals surface area contributed by atoms with Crippen LogP contribution in [0.4, 0.5) is 0 Å². The second-order valence-corrected chi connectivity index (χ2v) is 3.50. The maximum Gasteiger partial charge on any atom is 0.332 e. The van der Waals surface area contributed by atoms with Gasteiger partial charge < -0.3 is 15.3 Å². The lowest BCUT2D eigenvalue weighted by Gasteiger charge is -2.07. The molecule has 0 aromatic heterocycles. The van der Waals surface area contributed by atoms with Crippen LogP contribution in [0.3, 0.4) is 0 Å². The van der Waals surface area contributed by atoms with Crippen LogP contribution in [0.25, 0.3) is 0 Å². The SMILES string of the molecule is CCCC/C(C(=O)O)=C(/CCCO)C(=O)O. The van der Waals surface area contributed by atoms with Crippen LogP contribution in [0, 0.1) is 0 Å². The second-order valence-electron chi connectivity index (χ2n) is 3.50. The Bertz CT molecular complexity index is 252. The van der Waals surface area contributed by atoms with Gasteiger partial charge in [-0.25, -0.2) is 9.59 Å². The van der Waals surface area contributed by atoms with Gasteiger partial charge in [0.05, 0.1) is 0 Å². The summed E-state index contributed by atoms with van der Waals surface area (Å²) in [5, 5.41) is 26.5. The van der Waals surface area contributed by atoms with Crippen molar-refractivity contribution in [1.29, 1.82) is 0 Å². The van der Waals surface area contributed by atoms with Crippen LogP contribution in [0.2, 0.25) is 0 Å². The third kappa shape index (κ3) is 4.93. The van der Waals surface area contributed by atoms with Crippen LogP contribution >= 0.6 is 0 Å². The third-order valence-corrected chi connectivity index (χ3v) is 2.25. The van der Waals surface area contributed by atoms with Crippen LogP contribution < -0.4 is 0 Å². The number of hydrogen-bond acceptors (Lipinski definition) is 3. The molecule has 0 bridgehead atoms. The monoisotopic (exact) mass is 230 g/mol. The highest BCUT2D eigenvalue weighted by Crippen LogP contribution is 2.17. The van der Waals surface area contributed by atoms with E-state index in [1.165, 1.54) is 0 Å². The predicted octanol–water partition coefficient (Wildman–Crippen LogP) is 1.41. The van der Waals surface area contributed by atoms with E-state index in [0.717, 1.165) is 6.42 Å². The van der Waals surface area contributed by atoms with Crippen molar-refractivity contribution in [3.05, 3.63) is 11.1 Å². The molecule has 0 saturated carbocycles. The molecule has 0 aliphatic rings. The summed E-state index contributed by atoms with van der Waals surface area (Å²) in [7, 11) is 0. The van der Waals surface area contributed by atoms with Gasteiger partial charge >= 0.3 is 11.9 Å². The zero-order valence-corrected chi connectivity index (χ0v) is 9.40. The standard InChI is InChI=1S/C11H18O5/c1-2-3-5-8(10(13)14)9(11(15)16)6-4-7-12/h12H,2-7H2,1H3,(H,13,14)(H,15,16)/b9-8+. The van der Waals surface area contributed by atoms with E-state index in [-0.39, 0.29) is 37.0 Å². The fraction of sp³-hybridized carbons (Fsp3) is 0.636. The molecule has 0 fully saturated rings. The molecule has 0 heterocycles. The van der Waals surface area contributed by atoms with Gasteiger partial charge in [-0.05, 0) is 25.7 Å². The summed E-state index contributed by atoms with van der Waals surface area (Å²) in [6, 6.07) is 0. The molecule has 3 N–H and O–H groups in total. The van der Waals surface area contributed by atoms with E-state index < -0.39 is 11.9 Å². The summed E-state index contributed by atoms with van der Waals surface area (Å²) in [5.74, 6) is -2.38. The molecule has 5 nitrogen and oxygen atoms in total. The first-order valence-corrected chi connectivity index (χ1v) is 5.34. The average molecular weight is 230 g/mol. The lowest BCUT2D eigenvalue weighted by atomic mass is 9.99. The number of rotatable bonds is 8. The zero-order chi connectivity index (χ0) is 12.6. The number of carboxylic acids is 2. The van der Waals surface area contributed by atoms with Crippen molar-refractivity contribution in [2.45, 2.75) is 39.0 Å². The van der Waals surface area contributed by atoms with Gasteiger partial charge in [0.2, 0.25) is 0 Å². The fourth-order valence-electron chi connectivity index (χ4n) is 1.38. The molecule has 0 aliphatic carbocycles. The van der Waals surface area contributed by atoms with E-state index in [2.05, 4.69) is 0 Å². The molecule has 0 spiro atoms. The van der Waals surface area contributed by atoms with Crippen molar-refractivity contribution in [3.63, 3.8) is 0 Å². The highest BCUT2D eigenvalue weighted by atomic mass is 16.4. The predicted molar refractivity (Wildman–Crippen MR) is 58.1 cm³/mol. The van der Waals surface area contributed by atoms with Crippen LogP contribution in [-0.4, -0.2) is 33.9 Å². The maximum absolute atomic E-state index is 10.9. The molecular weight excluding hydrogens is 212 g/mol. The van der Waals surface area contributed by atoms with E-state index in [4.69, 9.17) is 15.3 Å². The Kier molecular flexibility index (Phi) is 7.20. The van der Waals surface area contributed by atoms with Crippen LogP contribution in [0.15, 0.2) is 11.1 Å². The fourth-order valence-corrected chi connectivity index (χ4v) is 1.38. The molecule has 0 radical (unpaired) electrons. The van der Waals surface area contributed by atoms with E-state index in [0.29, 0.717) is 6.42 Å². The van der Waals surface area contributed by atoms with Gasteiger partial charge in [0.1, 0.15) is 0 Å². The van der Waals surface area contributed by atoms with E-state index in [1.54, 1.807) is 0 Å². The minimum absolute atomic E-state index is 0.0391. The minimum atomic E-state index is -1.21. The highest BCUT2D eigenvalue weighted by Gasteiger charge is 2.18. The normalized spacial score (nSPS) is 12.1. The van der Waals surface area contributed by atoms with Crippen molar-refractivity contribution in [2.75, 3.05) is 6.61 Å². The summed E-state index contributed by atoms with van der Waals surface area (Å²) in [4.78, 5) is 21.8. The number of carbonyl (C=O) groups is 2. The van der Waals surface area contributed by atoms with Gasteiger partial charge in [0.15, 0.2) is 0 Å². The first-order valence-electron chi connectivity index (χ1n) is 5.34. The molecule has 0 aromatic carbocycles.